The molecule has 0 aliphatic carbocycles. The van der Waals surface area contributed by atoms with Crippen molar-refractivity contribution in [1.29, 1.82) is 0 Å². The third-order valence-electron chi connectivity index (χ3n) is 5.65. The van der Waals surface area contributed by atoms with Gasteiger partial charge in [0.2, 0.25) is 15.8 Å². The standard InChI is InChI=1S/C26H21F3N4O4S2/c1-14-8-18(24-19(9-14)32-16(12-30-24)13-36-2)26-33-25-21(38-26)11-20(22(28)23(25)29)37-7-6-31-39(34,35)17-5-3-4-15(27)10-17/h3-5,8-12,31H,6-7,13H2,1-2H3. The van der Waals surface area contributed by atoms with Gasteiger partial charge in [0.1, 0.15) is 22.9 Å². The molecule has 0 aliphatic rings. The van der Waals surface area contributed by atoms with Crippen LogP contribution in [0.5, 0.6) is 5.75 Å². The molecule has 1 N–H and O–H groups in total. The third kappa shape index (κ3) is 5.57. The van der Waals surface area contributed by atoms with Crippen molar-refractivity contribution in [2.45, 2.75) is 18.4 Å². The molecule has 0 saturated heterocycles. The molecule has 0 spiro atoms. The second kappa shape index (κ2) is 10.8. The van der Waals surface area contributed by atoms with Gasteiger partial charge in [-0.25, -0.2) is 31.9 Å². The molecule has 3 aromatic carbocycles. The average molecular weight is 575 g/mol. The zero-order valence-corrected chi connectivity index (χ0v) is 22.3. The van der Waals surface area contributed by atoms with Crippen LogP contribution in [0.15, 0.2) is 53.6 Å². The monoisotopic (exact) mass is 574 g/mol. The minimum absolute atomic E-state index is 0.162. The van der Waals surface area contributed by atoms with Crippen LogP contribution in [0.2, 0.25) is 0 Å². The van der Waals surface area contributed by atoms with Crippen molar-refractivity contribution in [3.8, 4) is 16.3 Å². The molecule has 0 radical (unpaired) electrons. The summed E-state index contributed by atoms with van der Waals surface area (Å²) in [4.78, 5) is 13.1. The Morgan fingerprint density at radius 3 is 2.62 bits per heavy atom. The first-order chi connectivity index (χ1) is 18.7. The quantitative estimate of drug-likeness (QED) is 0.243. The molecule has 5 rings (SSSR count). The van der Waals surface area contributed by atoms with E-state index >= 15 is 0 Å². The molecule has 0 saturated carbocycles. The normalized spacial score (nSPS) is 11.9. The number of rotatable bonds is 9. The van der Waals surface area contributed by atoms with Gasteiger partial charge in [0.15, 0.2) is 11.6 Å². The number of aryl methyl sites for hydroxylation is 1. The highest BCUT2D eigenvalue weighted by atomic mass is 32.2. The van der Waals surface area contributed by atoms with Crippen molar-refractivity contribution in [2.75, 3.05) is 20.3 Å². The summed E-state index contributed by atoms with van der Waals surface area (Å²) in [6.07, 6.45) is 1.59. The number of nitrogens with one attached hydrogen (secondary N) is 1. The number of methoxy groups -OCH3 is 1. The van der Waals surface area contributed by atoms with Gasteiger partial charge in [-0.05, 0) is 42.8 Å². The van der Waals surface area contributed by atoms with Crippen molar-refractivity contribution >= 4 is 42.6 Å². The zero-order chi connectivity index (χ0) is 27.7. The molecule has 2 aromatic heterocycles. The Balaban J connectivity index is 1.39. The average Bonchev–Trinajstić information content (AvgIpc) is 3.33. The van der Waals surface area contributed by atoms with Gasteiger partial charge >= 0.3 is 0 Å². The fourth-order valence-electron chi connectivity index (χ4n) is 3.94. The predicted octanol–water partition coefficient (Wildman–Crippen LogP) is 5.14. The Hall–Kier alpha value is -3.65. The Bertz CT molecular complexity index is 1810. The molecule has 13 heteroatoms. The van der Waals surface area contributed by atoms with E-state index in [0.717, 1.165) is 29.0 Å². The molecule has 5 aromatic rings. The first-order valence-electron chi connectivity index (χ1n) is 11.6. The lowest BCUT2D eigenvalue weighted by atomic mass is 10.1. The molecule has 8 nitrogen and oxygen atoms in total. The molecule has 202 valence electrons. The van der Waals surface area contributed by atoms with Gasteiger partial charge in [-0.3, -0.25) is 4.98 Å². The minimum Gasteiger partial charge on any atom is -0.489 e. The van der Waals surface area contributed by atoms with Crippen LogP contribution in [-0.4, -0.2) is 43.6 Å². The van der Waals surface area contributed by atoms with Crippen LogP contribution in [-0.2, 0) is 21.4 Å². The van der Waals surface area contributed by atoms with Crippen LogP contribution in [0.3, 0.4) is 0 Å². The number of ether oxygens (including phenoxy) is 2. The van der Waals surface area contributed by atoms with E-state index in [0.29, 0.717) is 38.6 Å². The van der Waals surface area contributed by atoms with Crippen LogP contribution in [0, 0.1) is 24.4 Å². The van der Waals surface area contributed by atoms with Crippen LogP contribution in [0.1, 0.15) is 11.3 Å². The lowest BCUT2D eigenvalue weighted by Gasteiger charge is -2.10. The number of hydrogen-bond donors (Lipinski definition) is 1. The van der Waals surface area contributed by atoms with Gasteiger partial charge in [0.05, 0.1) is 39.1 Å². The third-order valence-corrected chi connectivity index (χ3v) is 8.15. The molecule has 0 aliphatic heterocycles. The smallest absolute Gasteiger partial charge is 0.240 e. The van der Waals surface area contributed by atoms with Gasteiger partial charge < -0.3 is 9.47 Å². The summed E-state index contributed by atoms with van der Waals surface area (Å²) < 4.78 is 80.8. The summed E-state index contributed by atoms with van der Waals surface area (Å²) in [5.41, 5.74) is 3.18. The summed E-state index contributed by atoms with van der Waals surface area (Å²) in [6.45, 7) is 1.62. The maximum Gasteiger partial charge on any atom is 0.240 e. The van der Waals surface area contributed by atoms with E-state index in [2.05, 4.69) is 19.7 Å². The predicted molar refractivity (Wildman–Crippen MR) is 141 cm³/mol. The van der Waals surface area contributed by atoms with Crippen LogP contribution >= 0.6 is 11.3 Å². The molecule has 0 fully saturated rings. The Labute approximate surface area is 225 Å². The summed E-state index contributed by atoms with van der Waals surface area (Å²) >= 11 is 1.13. The highest BCUT2D eigenvalue weighted by molar-refractivity contribution is 7.89. The first kappa shape index (κ1) is 26.9. The van der Waals surface area contributed by atoms with E-state index in [-0.39, 0.29) is 23.6 Å². The number of sulfonamides is 1. The lowest BCUT2D eigenvalue weighted by molar-refractivity contribution is 0.181. The lowest BCUT2D eigenvalue weighted by Crippen LogP contribution is -2.28. The van der Waals surface area contributed by atoms with Crippen molar-refractivity contribution in [3.05, 3.63) is 77.4 Å². The maximum atomic E-state index is 15.0. The van der Waals surface area contributed by atoms with E-state index in [4.69, 9.17) is 9.47 Å². The van der Waals surface area contributed by atoms with Crippen LogP contribution in [0.4, 0.5) is 13.2 Å². The largest absolute Gasteiger partial charge is 0.489 e. The molecule has 39 heavy (non-hydrogen) atoms. The Morgan fingerprint density at radius 2 is 1.85 bits per heavy atom. The van der Waals surface area contributed by atoms with E-state index in [1.54, 1.807) is 13.3 Å². The fourth-order valence-corrected chi connectivity index (χ4v) is 5.99. The summed E-state index contributed by atoms with van der Waals surface area (Å²) in [5, 5.41) is 0.422. The second-order valence-corrected chi connectivity index (χ2v) is 11.3. The number of benzene rings is 3. The van der Waals surface area contributed by atoms with E-state index in [1.807, 2.05) is 19.1 Å². The van der Waals surface area contributed by atoms with Gasteiger partial charge in [0.25, 0.3) is 0 Å². The Morgan fingerprint density at radius 1 is 1.03 bits per heavy atom. The van der Waals surface area contributed by atoms with Crippen LogP contribution < -0.4 is 9.46 Å². The van der Waals surface area contributed by atoms with Crippen molar-refractivity contribution in [2.24, 2.45) is 0 Å². The second-order valence-electron chi connectivity index (χ2n) is 8.55. The number of aromatic nitrogens is 3. The molecule has 0 bridgehead atoms. The van der Waals surface area contributed by atoms with Gasteiger partial charge in [-0.1, -0.05) is 6.07 Å². The van der Waals surface area contributed by atoms with Crippen molar-refractivity contribution in [1.82, 2.24) is 19.7 Å². The number of halogens is 3. The minimum atomic E-state index is -4.01. The summed E-state index contributed by atoms with van der Waals surface area (Å²) in [5.74, 6) is -3.52. The summed E-state index contributed by atoms with van der Waals surface area (Å²) in [6, 6.07) is 9.52. The SMILES string of the molecule is COCc1cnc2c(-c3nc4c(F)c(F)c(OCCNS(=O)(=O)c5cccc(F)c5)cc4s3)cc(C)cc2n1. The fraction of sp³-hybridized carbons (Fsp3) is 0.192. The first-order valence-corrected chi connectivity index (χ1v) is 13.9. The number of thiazole rings is 1. The molecule has 2 heterocycles. The van der Waals surface area contributed by atoms with E-state index < -0.39 is 33.2 Å². The van der Waals surface area contributed by atoms with Crippen LogP contribution in [0.25, 0.3) is 31.8 Å². The molecular formula is C26H21F3N4O4S2. The van der Waals surface area contributed by atoms with Gasteiger partial charge in [0, 0.05) is 25.3 Å². The molecule has 0 unspecified atom stereocenters. The van der Waals surface area contributed by atoms with Gasteiger partial charge in [-0.2, -0.15) is 4.39 Å². The Kier molecular flexibility index (Phi) is 7.49. The van der Waals surface area contributed by atoms with E-state index in [9.17, 15) is 21.6 Å². The maximum absolute atomic E-state index is 15.0. The summed E-state index contributed by atoms with van der Waals surface area (Å²) in [7, 11) is -2.45. The number of fused-ring (bicyclic) bond motifs is 2. The zero-order valence-electron chi connectivity index (χ0n) is 20.7. The molecular weight excluding hydrogens is 553 g/mol. The van der Waals surface area contributed by atoms with E-state index in [1.165, 1.54) is 18.2 Å². The number of nitrogens with zero attached hydrogens (tertiary/aromatic N) is 3. The highest BCUT2D eigenvalue weighted by Gasteiger charge is 2.21. The molecule has 0 amide bonds. The topological polar surface area (TPSA) is 103 Å². The van der Waals surface area contributed by atoms with Crippen molar-refractivity contribution < 1.29 is 31.1 Å². The highest BCUT2D eigenvalue weighted by Crippen LogP contribution is 2.38. The molecule has 0 atom stereocenters. The van der Waals surface area contributed by atoms with Crippen molar-refractivity contribution in [3.63, 3.8) is 0 Å². The van der Waals surface area contributed by atoms with Gasteiger partial charge in [-0.15, -0.1) is 11.3 Å². The number of hydrogen-bond acceptors (Lipinski definition) is 8.